The van der Waals surface area contributed by atoms with E-state index in [0.717, 1.165) is 0 Å². The number of pyridine rings is 1. The van der Waals surface area contributed by atoms with E-state index < -0.39 is 0 Å². The second-order valence-electron chi connectivity index (χ2n) is 2.80. The van der Waals surface area contributed by atoms with Crippen molar-refractivity contribution in [3.8, 4) is 0 Å². The fraction of sp³-hybridized carbons (Fsp3) is 0.333. The normalized spacial score (nSPS) is 9.44. The number of carbonyl (C=O) groups is 1. The van der Waals surface area contributed by atoms with Crippen LogP contribution in [0.2, 0.25) is 0 Å². The number of esters is 1. The third kappa shape index (κ3) is 2.39. The Kier molecular flexibility index (Phi) is 4.51. The van der Waals surface area contributed by atoms with E-state index >= 15 is 0 Å². The van der Waals surface area contributed by atoms with Gasteiger partial charge in [0.1, 0.15) is 5.56 Å². The molecule has 16 heavy (non-hydrogen) atoms. The molecule has 0 saturated carbocycles. The first-order valence-corrected chi connectivity index (χ1v) is 5.41. The first-order valence-electron chi connectivity index (χ1n) is 5.41. The SMILES string of the molecule is CC.CCOC(=O)c1cccn2ccnc12. The van der Waals surface area contributed by atoms with Gasteiger partial charge in [-0.15, -0.1) is 0 Å². The predicted octanol–water partition coefficient (Wildman–Crippen LogP) is 2.54. The molecule has 4 nitrogen and oxygen atoms in total. The van der Waals surface area contributed by atoms with E-state index in [0.29, 0.717) is 17.8 Å². The van der Waals surface area contributed by atoms with Gasteiger partial charge in [0.05, 0.1) is 6.61 Å². The lowest BCUT2D eigenvalue weighted by atomic mass is 10.3. The number of nitrogens with zero attached hydrogens (tertiary/aromatic N) is 2. The van der Waals surface area contributed by atoms with Gasteiger partial charge in [-0.25, -0.2) is 9.78 Å². The third-order valence-electron chi connectivity index (χ3n) is 1.91. The molecule has 0 unspecified atom stereocenters. The van der Waals surface area contributed by atoms with Crippen molar-refractivity contribution in [2.75, 3.05) is 6.61 Å². The molecular weight excluding hydrogens is 204 g/mol. The molecule has 0 spiro atoms. The topological polar surface area (TPSA) is 43.6 Å². The van der Waals surface area contributed by atoms with Gasteiger partial charge >= 0.3 is 5.97 Å². The van der Waals surface area contributed by atoms with Crippen LogP contribution in [0.1, 0.15) is 31.1 Å². The maximum Gasteiger partial charge on any atom is 0.341 e. The Hall–Kier alpha value is -1.84. The lowest BCUT2D eigenvalue weighted by Crippen LogP contribution is -2.06. The van der Waals surface area contributed by atoms with Crippen LogP contribution in [-0.2, 0) is 4.74 Å². The van der Waals surface area contributed by atoms with Gasteiger partial charge in [0.25, 0.3) is 0 Å². The average Bonchev–Trinajstić information content (AvgIpc) is 2.79. The van der Waals surface area contributed by atoms with Gasteiger partial charge in [-0.05, 0) is 19.1 Å². The van der Waals surface area contributed by atoms with Crippen LogP contribution in [0.15, 0.2) is 30.7 Å². The van der Waals surface area contributed by atoms with Gasteiger partial charge in [-0.1, -0.05) is 13.8 Å². The second-order valence-corrected chi connectivity index (χ2v) is 2.80. The third-order valence-corrected chi connectivity index (χ3v) is 1.91. The average molecular weight is 220 g/mol. The summed E-state index contributed by atoms with van der Waals surface area (Å²) >= 11 is 0. The molecule has 0 atom stereocenters. The fourth-order valence-corrected chi connectivity index (χ4v) is 1.32. The van der Waals surface area contributed by atoms with E-state index in [-0.39, 0.29) is 5.97 Å². The van der Waals surface area contributed by atoms with Crippen molar-refractivity contribution in [3.05, 3.63) is 36.3 Å². The van der Waals surface area contributed by atoms with Gasteiger partial charge in [0.15, 0.2) is 5.65 Å². The maximum atomic E-state index is 11.5. The van der Waals surface area contributed by atoms with Crippen molar-refractivity contribution in [1.29, 1.82) is 0 Å². The molecule has 4 heteroatoms. The summed E-state index contributed by atoms with van der Waals surface area (Å²) in [7, 11) is 0. The molecule has 2 rings (SSSR count). The fourth-order valence-electron chi connectivity index (χ4n) is 1.32. The zero-order chi connectivity index (χ0) is 12.0. The molecule has 0 radical (unpaired) electrons. The molecule has 0 saturated heterocycles. The summed E-state index contributed by atoms with van der Waals surface area (Å²) in [5, 5.41) is 0. The minimum Gasteiger partial charge on any atom is -0.462 e. The maximum absolute atomic E-state index is 11.5. The number of rotatable bonds is 2. The van der Waals surface area contributed by atoms with Gasteiger partial charge in [0.2, 0.25) is 0 Å². The monoisotopic (exact) mass is 220 g/mol. The standard InChI is InChI=1S/C10H10N2O2.C2H6/c1-2-14-10(13)8-4-3-6-12-7-5-11-9(8)12;1-2/h3-7H,2H2,1H3;1-2H3. The summed E-state index contributed by atoms with van der Waals surface area (Å²) in [6.07, 6.45) is 5.28. The van der Waals surface area contributed by atoms with Crippen molar-refractivity contribution in [3.63, 3.8) is 0 Å². The van der Waals surface area contributed by atoms with Crippen molar-refractivity contribution >= 4 is 11.6 Å². The Morgan fingerprint density at radius 2 is 2.19 bits per heavy atom. The number of hydrogen-bond donors (Lipinski definition) is 0. The zero-order valence-electron chi connectivity index (χ0n) is 9.80. The Balaban J connectivity index is 0.000000606. The van der Waals surface area contributed by atoms with E-state index in [4.69, 9.17) is 4.74 Å². The molecule has 0 aliphatic rings. The molecule has 2 heterocycles. The highest BCUT2D eigenvalue weighted by molar-refractivity contribution is 5.95. The number of aromatic nitrogens is 2. The summed E-state index contributed by atoms with van der Waals surface area (Å²) in [6.45, 7) is 6.16. The van der Waals surface area contributed by atoms with Crippen LogP contribution in [0.3, 0.4) is 0 Å². The molecule has 86 valence electrons. The Labute approximate surface area is 94.9 Å². The van der Waals surface area contributed by atoms with Crippen LogP contribution in [0.5, 0.6) is 0 Å². The molecule has 2 aromatic rings. The van der Waals surface area contributed by atoms with Crippen LogP contribution in [0.25, 0.3) is 5.65 Å². The highest BCUT2D eigenvalue weighted by Crippen LogP contribution is 2.09. The van der Waals surface area contributed by atoms with Gasteiger partial charge < -0.3 is 9.14 Å². The summed E-state index contributed by atoms with van der Waals surface area (Å²) in [6, 6.07) is 3.50. The van der Waals surface area contributed by atoms with E-state index in [2.05, 4.69) is 4.98 Å². The van der Waals surface area contributed by atoms with Crippen molar-refractivity contribution < 1.29 is 9.53 Å². The van der Waals surface area contributed by atoms with E-state index in [1.54, 1.807) is 35.9 Å². The van der Waals surface area contributed by atoms with E-state index in [9.17, 15) is 4.79 Å². The van der Waals surface area contributed by atoms with Gasteiger partial charge in [0, 0.05) is 18.6 Å². The number of imidazole rings is 1. The first-order chi connectivity index (χ1) is 7.83. The summed E-state index contributed by atoms with van der Waals surface area (Å²) < 4.78 is 6.70. The van der Waals surface area contributed by atoms with Gasteiger partial charge in [-0.2, -0.15) is 0 Å². The van der Waals surface area contributed by atoms with Gasteiger partial charge in [-0.3, -0.25) is 0 Å². The molecule has 0 amide bonds. The lowest BCUT2D eigenvalue weighted by Gasteiger charge is -2.02. The Bertz CT molecular complexity index is 463. The molecule has 2 aromatic heterocycles. The van der Waals surface area contributed by atoms with Crippen LogP contribution < -0.4 is 0 Å². The summed E-state index contributed by atoms with van der Waals surface area (Å²) in [5.41, 5.74) is 1.13. The minimum absolute atomic E-state index is 0.329. The first kappa shape index (κ1) is 12.2. The lowest BCUT2D eigenvalue weighted by molar-refractivity contribution is 0.0528. The summed E-state index contributed by atoms with van der Waals surface area (Å²) in [4.78, 5) is 15.6. The van der Waals surface area contributed by atoms with E-state index in [1.807, 2.05) is 20.0 Å². The van der Waals surface area contributed by atoms with Crippen LogP contribution in [0, 0.1) is 0 Å². The summed E-state index contributed by atoms with van der Waals surface area (Å²) in [5.74, 6) is -0.329. The van der Waals surface area contributed by atoms with Crippen molar-refractivity contribution in [2.24, 2.45) is 0 Å². The molecule has 0 aliphatic heterocycles. The molecular formula is C12H16N2O2. The number of ether oxygens (including phenoxy) is 1. The molecule has 0 aromatic carbocycles. The second kappa shape index (κ2) is 5.90. The zero-order valence-corrected chi connectivity index (χ0v) is 9.80. The van der Waals surface area contributed by atoms with Crippen molar-refractivity contribution in [2.45, 2.75) is 20.8 Å². The smallest absolute Gasteiger partial charge is 0.341 e. The molecule has 0 aliphatic carbocycles. The Morgan fingerprint density at radius 1 is 1.44 bits per heavy atom. The number of fused-ring (bicyclic) bond motifs is 1. The van der Waals surface area contributed by atoms with Crippen molar-refractivity contribution in [1.82, 2.24) is 9.38 Å². The Morgan fingerprint density at radius 3 is 2.88 bits per heavy atom. The number of carbonyl (C=O) groups excluding carboxylic acids is 1. The van der Waals surface area contributed by atoms with Crippen LogP contribution in [-0.4, -0.2) is 22.0 Å². The largest absolute Gasteiger partial charge is 0.462 e. The highest BCUT2D eigenvalue weighted by atomic mass is 16.5. The minimum atomic E-state index is -0.329. The van der Waals surface area contributed by atoms with Crippen LogP contribution >= 0.6 is 0 Å². The quantitative estimate of drug-likeness (QED) is 0.730. The number of hydrogen-bond acceptors (Lipinski definition) is 3. The molecule has 0 fully saturated rings. The van der Waals surface area contributed by atoms with E-state index in [1.165, 1.54) is 0 Å². The molecule has 0 bridgehead atoms. The molecule has 0 N–H and O–H groups in total. The highest BCUT2D eigenvalue weighted by Gasteiger charge is 2.11. The van der Waals surface area contributed by atoms with Crippen LogP contribution in [0.4, 0.5) is 0 Å². The predicted molar refractivity (Wildman–Crippen MR) is 62.5 cm³/mol.